The zero-order valence-corrected chi connectivity index (χ0v) is 11.0. The Balaban J connectivity index is 1.77. The smallest absolute Gasteiger partial charge is 0.160 e. The average molecular weight is 256 g/mol. The Morgan fingerprint density at radius 1 is 1.26 bits per heavy atom. The van der Waals surface area contributed by atoms with E-state index in [-0.39, 0.29) is 6.04 Å². The van der Waals surface area contributed by atoms with E-state index in [1.54, 1.807) is 6.20 Å². The van der Waals surface area contributed by atoms with Gasteiger partial charge in [0.1, 0.15) is 0 Å². The topological polar surface area (TPSA) is 60.0 Å². The van der Waals surface area contributed by atoms with Crippen LogP contribution in [0.1, 0.15) is 24.5 Å². The molecule has 0 aliphatic carbocycles. The summed E-state index contributed by atoms with van der Waals surface area (Å²) in [7, 11) is 1.94. The summed E-state index contributed by atoms with van der Waals surface area (Å²) in [5, 5.41) is 16.0. The summed E-state index contributed by atoms with van der Waals surface area (Å²) in [4.78, 5) is 0. The predicted molar refractivity (Wildman–Crippen MR) is 71.4 cm³/mol. The fourth-order valence-electron chi connectivity index (χ4n) is 2.08. The van der Waals surface area contributed by atoms with Crippen LogP contribution in [0.2, 0.25) is 0 Å². The van der Waals surface area contributed by atoms with E-state index in [2.05, 4.69) is 27.5 Å². The van der Waals surface area contributed by atoms with Crippen molar-refractivity contribution in [1.82, 2.24) is 29.7 Å². The van der Waals surface area contributed by atoms with Crippen LogP contribution < -0.4 is 5.32 Å². The molecular weight excluding hydrogens is 240 g/mol. The Labute approximate surface area is 111 Å². The highest BCUT2D eigenvalue weighted by atomic mass is 15.3. The number of nitrogens with zero attached hydrogens (tertiary/aromatic N) is 5. The summed E-state index contributed by atoms with van der Waals surface area (Å²) in [5.74, 6) is 0.915. The maximum atomic E-state index is 4.25. The maximum absolute atomic E-state index is 4.25. The van der Waals surface area contributed by atoms with Gasteiger partial charge in [0.05, 0.1) is 11.7 Å². The van der Waals surface area contributed by atoms with Crippen LogP contribution >= 0.6 is 0 Å². The molecule has 1 unspecified atom stereocenters. The molecule has 19 heavy (non-hydrogen) atoms. The lowest BCUT2D eigenvalue weighted by Crippen LogP contribution is -2.21. The molecule has 0 saturated heterocycles. The molecule has 3 aromatic rings. The van der Waals surface area contributed by atoms with Gasteiger partial charge in [-0.05, 0) is 25.1 Å². The maximum Gasteiger partial charge on any atom is 0.160 e. The monoisotopic (exact) mass is 256 g/mol. The van der Waals surface area contributed by atoms with Crippen molar-refractivity contribution in [3.63, 3.8) is 0 Å². The minimum Gasteiger partial charge on any atom is -0.302 e. The zero-order valence-electron chi connectivity index (χ0n) is 11.0. The molecule has 6 nitrogen and oxygen atoms in total. The highest BCUT2D eigenvalue weighted by Crippen LogP contribution is 2.12. The van der Waals surface area contributed by atoms with E-state index in [0.29, 0.717) is 0 Å². The van der Waals surface area contributed by atoms with Gasteiger partial charge in [-0.25, -0.2) is 0 Å². The van der Waals surface area contributed by atoms with Crippen LogP contribution in [-0.2, 0) is 13.6 Å². The molecule has 0 aromatic carbocycles. The Morgan fingerprint density at radius 2 is 2.16 bits per heavy atom. The Kier molecular flexibility index (Phi) is 3.00. The van der Waals surface area contributed by atoms with Crippen molar-refractivity contribution in [2.75, 3.05) is 0 Å². The standard InChI is InChI=1S/C13H16N6/c1-10(14-9-11-6-7-15-18(11)2)13-17-16-12-5-3-4-8-19(12)13/h3-8,10,14H,9H2,1-2H3. The minimum atomic E-state index is 0.118. The van der Waals surface area contributed by atoms with E-state index in [9.17, 15) is 0 Å². The molecule has 0 aliphatic heterocycles. The van der Waals surface area contributed by atoms with E-state index >= 15 is 0 Å². The number of pyridine rings is 1. The first-order chi connectivity index (χ1) is 9.25. The number of hydrogen-bond acceptors (Lipinski definition) is 4. The van der Waals surface area contributed by atoms with E-state index in [1.165, 1.54) is 0 Å². The van der Waals surface area contributed by atoms with Crippen LogP contribution in [0.25, 0.3) is 5.65 Å². The Bertz CT molecular complexity index is 683. The lowest BCUT2D eigenvalue weighted by molar-refractivity contribution is 0.522. The second-order valence-corrected chi connectivity index (χ2v) is 4.54. The molecule has 0 fully saturated rings. The SMILES string of the molecule is CC(NCc1ccnn1C)c1nnc2ccccn12. The van der Waals surface area contributed by atoms with E-state index < -0.39 is 0 Å². The molecule has 0 radical (unpaired) electrons. The van der Waals surface area contributed by atoms with Crippen LogP contribution in [0.3, 0.4) is 0 Å². The first-order valence-electron chi connectivity index (χ1n) is 6.25. The molecule has 0 amide bonds. The van der Waals surface area contributed by atoms with Crippen LogP contribution in [-0.4, -0.2) is 24.4 Å². The zero-order chi connectivity index (χ0) is 13.2. The predicted octanol–water partition coefficient (Wildman–Crippen LogP) is 1.31. The van der Waals surface area contributed by atoms with Crippen LogP contribution in [0.5, 0.6) is 0 Å². The van der Waals surface area contributed by atoms with Gasteiger partial charge < -0.3 is 5.32 Å². The van der Waals surface area contributed by atoms with Gasteiger partial charge in [-0.2, -0.15) is 5.10 Å². The van der Waals surface area contributed by atoms with Gasteiger partial charge in [-0.1, -0.05) is 6.07 Å². The highest BCUT2D eigenvalue weighted by molar-refractivity contribution is 5.37. The molecule has 3 heterocycles. The Hall–Kier alpha value is -2.21. The number of fused-ring (bicyclic) bond motifs is 1. The van der Waals surface area contributed by atoms with Crippen molar-refractivity contribution in [2.45, 2.75) is 19.5 Å². The van der Waals surface area contributed by atoms with Crippen molar-refractivity contribution in [3.05, 3.63) is 48.2 Å². The summed E-state index contributed by atoms with van der Waals surface area (Å²) >= 11 is 0. The third-order valence-electron chi connectivity index (χ3n) is 3.24. The molecule has 0 saturated carbocycles. The lowest BCUT2D eigenvalue weighted by atomic mass is 10.3. The number of aromatic nitrogens is 5. The number of aryl methyl sites for hydroxylation is 1. The highest BCUT2D eigenvalue weighted by Gasteiger charge is 2.12. The molecule has 0 aliphatic rings. The fourth-order valence-corrected chi connectivity index (χ4v) is 2.08. The Morgan fingerprint density at radius 3 is 2.95 bits per heavy atom. The molecule has 0 spiro atoms. The van der Waals surface area contributed by atoms with Gasteiger partial charge in [0.25, 0.3) is 0 Å². The second kappa shape index (κ2) is 4.81. The van der Waals surface area contributed by atoms with Crippen molar-refractivity contribution in [2.24, 2.45) is 7.05 Å². The summed E-state index contributed by atoms with van der Waals surface area (Å²) in [5.41, 5.74) is 2.01. The van der Waals surface area contributed by atoms with Gasteiger partial charge in [0.15, 0.2) is 11.5 Å². The first kappa shape index (κ1) is 11.9. The molecule has 3 rings (SSSR count). The number of rotatable bonds is 4. The average Bonchev–Trinajstić information content (AvgIpc) is 3.02. The van der Waals surface area contributed by atoms with Gasteiger partial charge >= 0.3 is 0 Å². The van der Waals surface area contributed by atoms with Crippen molar-refractivity contribution >= 4 is 5.65 Å². The van der Waals surface area contributed by atoms with E-state index in [4.69, 9.17) is 0 Å². The van der Waals surface area contributed by atoms with Gasteiger partial charge in [0, 0.05) is 26.0 Å². The van der Waals surface area contributed by atoms with E-state index in [0.717, 1.165) is 23.7 Å². The molecular formula is C13H16N6. The van der Waals surface area contributed by atoms with Crippen molar-refractivity contribution in [1.29, 1.82) is 0 Å². The molecule has 3 aromatic heterocycles. The van der Waals surface area contributed by atoms with Gasteiger partial charge in [0.2, 0.25) is 0 Å². The first-order valence-corrected chi connectivity index (χ1v) is 6.25. The third-order valence-corrected chi connectivity index (χ3v) is 3.24. The van der Waals surface area contributed by atoms with Crippen LogP contribution in [0.15, 0.2) is 36.7 Å². The van der Waals surface area contributed by atoms with Gasteiger partial charge in [-0.15, -0.1) is 10.2 Å². The summed E-state index contributed by atoms with van der Waals surface area (Å²) in [6.45, 7) is 2.83. The molecule has 1 N–H and O–H groups in total. The molecule has 1 atom stereocenters. The van der Waals surface area contributed by atoms with Crippen LogP contribution in [0.4, 0.5) is 0 Å². The van der Waals surface area contributed by atoms with Gasteiger partial charge in [-0.3, -0.25) is 9.08 Å². The molecule has 0 bridgehead atoms. The van der Waals surface area contributed by atoms with Crippen molar-refractivity contribution < 1.29 is 0 Å². The molecule has 98 valence electrons. The van der Waals surface area contributed by atoms with E-state index in [1.807, 2.05) is 46.6 Å². The van der Waals surface area contributed by atoms with Crippen LogP contribution in [0, 0.1) is 0 Å². The summed E-state index contributed by atoms with van der Waals surface area (Å²) in [6, 6.07) is 8.01. The fraction of sp³-hybridized carbons (Fsp3) is 0.308. The lowest BCUT2D eigenvalue weighted by Gasteiger charge is -2.12. The summed E-state index contributed by atoms with van der Waals surface area (Å²) in [6.07, 6.45) is 3.78. The summed E-state index contributed by atoms with van der Waals surface area (Å²) < 4.78 is 3.86. The second-order valence-electron chi connectivity index (χ2n) is 4.54. The third kappa shape index (κ3) is 2.22. The van der Waals surface area contributed by atoms with Crippen molar-refractivity contribution in [3.8, 4) is 0 Å². The quantitative estimate of drug-likeness (QED) is 0.764. The normalized spacial score (nSPS) is 12.9. The minimum absolute atomic E-state index is 0.118. The largest absolute Gasteiger partial charge is 0.302 e. The molecule has 6 heteroatoms. The number of hydrogen-bond donors (Lipinski definition) is 1. The number of nitrogens with one attached hydrogen (secondary N) is 1.